The molecule has 0 aliphatic heterocycles. The summed E-state index contributed by atoms with van der Waals surface area (Å²) >= 11 is 13.0. The maximum absolute atomic E-state index is 6.01. The largest absolute Gasteiger partial charge is 0.429 e. The van der Waals surface area contributed by atoms with Crippen molar-refractivity contribution in [3.8, 4) is 10.9 Å². The molecule has 0 bridgehead atoms. The average molecular weight is 260 g/mol. The molecule has 1 heterocycles. The van der Waals surface area contributed by atoms with Gasteiger partial charge in [-0.05, 0) is 24.6 Å². The molecule has 0 unspecified atom stereocenters. The second-order valence-electron chi connectivity index (χ2n) is 2.97. The highest BCUT2D eigenvalue weighted by molar-refractivity contribution is 7.11. The standard InChI is InChI=1S/C10H7Cl2NOS/c1-6-2-3-8(7(11)4-6)14-10-13-9(12)5-15-10/h2-5H,1H3. The van der Waals surface area contributed by atoms with Gasteiger partial charge in [-0.15, -0.1) is 0 Å². The Morgan fingerprint density at radius 1 is 1.33 bits per heavy atom. The van der Waals surface area contributed by atoms with Crippen molar-refractivity contribution in [2.45, 2.75) is 6.92 Å². The predicted octanol–water partition coefficient (Wildman–Crippen LogP) is 4.55. The van der Waals surface area contributed by atoms with Gasteiger partial charge in [0.25, 0.3) is 5.19 Å². The highest BCUT2D eigenvalue weighted by atomic mass is 35.5. The van der Waals surface area contributed by atoms with Gasteiger partial charge in [0, 0.05) is 5.38 Å². The maximum atomic E-state index is 6.01. The first-order valence-electron chi connectivity index (χ1n) is 4.20. The van der Waals surface area contributed by atoms with E-state index >= 15 is 0 Å². The molecule has 15 heavy (non-hydrogen) atoms. The summed E-state index contributed by atoms with van der Waals surface area (Å²) < 4.78 is 5.48. The highest BCUT2D eigenvalue weighted by Crippen LogP contribution is 2.32. The first kappa shape index (κ1) is 10.7. The lowest BCUT2D eigenvalue weighted by molar-refractivity contribution is 0.479. The lowest BCUT2D eigenvalue weighted by Gasteiger charge is -2.04. The number of nitrogens with zero attached hydrogens (tertiary/aromatic N) is 1. The number of hydrogen-bond acceptors (Lipinski definition) is 3. The van der Waals surface area contributed by atoms with Gasteiger partial charge in [-0.2, -0.15) is 4.98 Å². The zero-order chi connectivity index (χ0) is 10.8. The molecule has 0 saturated heterocycles. The SMILES string of the molecule is Cc1ccc(Oc2nc(Cl)cs2)c(Cl)c1. The van der Waals surface area contributed by atoms with Crippen molar-refractivity contribution in [2.24, 2.45) is 0 Å². The van der Waals surface area contributed by atoms with E-state index in [4.69, 9.17) is 27.9 Å². The molecule has 0 saturated carbocycles. The molecule has 0 spiro atoms. The molecule has 5 heteroatoms. The van der Waals surface area contributed by atoms with Crippen LogP contribution in [0, 0.1) is 6.92 Å². The van der Waals surface area contributed by atoms with Gasteiger partial charge in [0.1, 0.15) is 10.9 Å². The zero-order valence-electron chi connectivity index (χ0n) is 7.83. The predicted molar refractivity (Wildman–Crippen MR) is 63.4 cm³/mol. The third-order valence-electron chi connectivity index (χ3n) is 1.74. The molecule has 1 aromatic carbocycles. The van der Waals surface area contributed by atoms with Crippen LogP contribution in [0.5, 0.6) is 10.9 Å². The van der Waals surface area contributed by atoms with Crippen molar-refractivity contribution in [3.05, 3.63) is 39.3 Å². The lowest BCUT2D eigenvalue weighted by atomic mass is 10.2. The third kappa shape index (κ3) is 2.62. The number of rotatable bonds is 2. The van der Waals surface area contributed by atoms with Crippen molar-refractivity contribution in [1.82, 2.24) is 4.98 Å². The van der Waals surface area contributed by atoms with Crippen molar-refractivity contribution >= 4 is 34.5 Å². The number of aryl methyl sites for hydroxylation is 1. The first-order valence-corrected chi connectivity index (χ1v) is 5.84. The molecule has 0 fully saturated rings. The molecule has 0 amide bonds. The summed E-state index contributed by atoms with van der Waals surface area (Å²) in [6.07, 6.45) is 0. The molecular weight excluding hydrogens is 253 g/mol. The highest BCUT2D eigenvalue weighted by Gasteiger charge is 2.06. The van der Waals surface area contributed by atoms with Crippen LogP contribution < -0.4 is 4.74 Å². The summed E-state index contributed by atoms with van der Waals surface area (Å²) in [5.74, 6) is 0.591. The second kappa shape index (κ2) is 4.39. The normalized spacial score (nSPS) is 10.3. The molecule has 78 valence electrons. The topological polar surface area (TPSA) is 22.1 Å². The van der Waals surface area contributed by atoms with Crippen LogP contribution in [0.3, 0.4) is 0 Å². The fourth-order valence-corrected chi connectivity index (χ4v) is 2.14. The molecule has 0 aliphatic rings. The first-order chi connectivity index (χ1) is 7.15. The Labute approximate surface area is 101 Å². The number of halogens is 2. The molecule has 0 N–H and O–H groups in total. The molecule has 0 radical (unpaired) electrons. The molecule has 0 aliphatic carbocycles. The molecule has 2 aromatic rings. The van der Waals surface area contributed by atoms with E-state index in [0.717, 1.165) is 5.56 Å². The summed E-state index contributed by atoms with van der Waals surface area (Å²) in [6, 6.07) is 5.58. The average Bonchev–Trinajstić information content (AvgIpc) is 2.56. The van der Waals surface area contributed by atoms with E-state index in [0.29, 0.717) is 21.1 Å². The van der Waals surface area contributed by atoms with Gasteiger partial charge in [0.2, 0.25) is 0 Å². The van der Waals surface area contributed by atoms with Gasteiger partial charge < -0.3 is 4.74 Å². The van der Waals surface area contributed by atoms with Gasteiger partial charge in [0.05, 0.1) is 5.02 Å². The molecule has 0 atom stereocenters. The number of benzene rings is 1. The van der Waals surface area contributed by atoms with Crippen molar-refractivity contribution in [2.75, 3.05) is 0 Å². The molecular formula is C10H7Cl2NOS. The van der Waals surface area contributed by atoms with E-state index in [1.807, 2.05) is 25.1 Å². The van der Waals surface area contributed by atoms with Crippen molar-refractivity contribution in [3.63, 3.8) is 0 Å². The Balaban J connectivity index is 2.24. The fraction of sp³-hybridized carbons (Fsp3) is 0.100. The quantitative estimate of drug-likeness (QED) is 0.790. The van der Waals surface area contributed by atoms with Crippen LogP contribution in [-0.2, 0) is 0 Å². The van der Waals surface area contributed by atoms with Crippen LogP contribution in [0.1, 0.15) is 5.56 Å². The van der Waals surface area contributed by atoms with Crippen LogP contribution in [0.4, 0.5) is 0 Å². The van der Waals surface area contributed by atoms with E-state index < -0.39 is 0 Å². The smallest absolute Gasteiger partial charge is 0.280 e. The summed E-state index contributed by atoms with van der Waals surface area (Å²) in [5.41, 5.74) is 1.09. The molecule has 2 rings (SSSR count). The third-order valence-corrected chi connectivity index (χ3v) is 3.08. The second-order valence-corrected chi connectivity index (χ2v) is 4.59. The lowest BCUT2D eigenvalue weighted by Crippen LogP contribution is -1.84. The maximum Gasteiger partial charge on any atom is 0.280 e. The minimum Gasteiger partial charge on any atom is -0.429 e. The summed E-state index contributed by atoms with van der Waals surface area (Å²) in [4.78, 5) is 3.97. The summed E-state index contributed by atoms with van der Waals surface area (Å²) in [6.45, 7) is 1.97. The van der Waals surface area contributed by atoms with E-state index in [2.05, 4.69) is 4.98 Å². The van der Waals surface area contributed by atoms with Gasteiger partial charge >= 0.3 is 0 Å². The Hall–Kier alpha value is -0.770. The van der Waals surface area contributed by atoms with E-state index in [1.54, 1.807) is 5.38 Å². The molecule has 2 nitrogen and oxygen atoms in total. The summed E-state index contributed by atoms with van der Waals surface area (Å²) in [7, 11) is 0. The van der Waals surface area contributed by atoms with Crippen molar-refractivity contribution < 1.29 is 4.74 Å². The van der Waals surface area contributed by atoms with Gasteiger partial charge in [-0.25, -0.2) is 0 Å². The fourth-order valence-electron chi connectivity index (χ4n) is 1.07. The van der Waals surface area contributed by atoms with E-state index in [-0.39, 0.29) is 0 Å². The Morgan fingerprint density at radius 2 is 2.13 bits per heavy atom. The van der Waals surface area contributed by atoms with Crippen molar-refractivity contribution in [1.29, 1.82) is 0 Å². The van der Waals surface area contributed by atoms with Crippen LogP contribution in [0.25, 0.3) is 0 Å². The monoisotopic (exact) mass is 259 g/mol. The van der Waals surface area contributed by atoms with Crippen LogP contribution >= 0.6 is 34.5 Å². The van der Waals surface area contributed by atoms with Gasteiger partial charge in [0.15, 0.2) is 0 Å². The van der Waals surface area contributed by atoms with Gasteiger partial charge in [-0.3, -0.25) is 0 Å². The Morgan fingerprint density at radius 3 is 2.73 bits per heavy atom. The van der Waals surface area contributed by atoms with E-state index in [1.165, 1.54) is 11.3 Å². The molecule has 1 aromatic heterocycles. The van der Waals surface area contributed by atoms with E-state index in [9.17, 15) is 0 Å². The van der Waals surface area contributed by atoms with Crippen LogP contribution in [0.2, 0.25) is 10.2 Å². The minimum atomic E-state index is 0.429. The Kier molecular flexibility index (Phi) is 3.14. The number of thiazole rings is 1. The van der Waals surface area contributed by atoms with Crippen LogP contribution in [0.15, 0.2) is 23.6 Å². The number of hydrogen-bond donors (Lipinski definition) is 0. The number of ether oxygens (including phenoxy) is 1. The summed E-state index contributed by atoms with van der Waals surface area (Å²) in [5, 5.41) is 3.20. The number of aromatic nitrogens is 1. The van der Waals surface area contributed by atoms with Crippen LogP contribution in [-0.4, -0.2) is 4.98 Å². The zero-order valence-corrected chi connectivity index (χ0v) is 10.2. The Bertz CT molecular complexity index is 484. The van der Waals surface area contributed by atoms with Gasteiger partial charge in [-0.1, -0.05) is 40.6 Å². The minimum absolute atomic E-state index is 0.429.